The molecule has 138 valence electrons. The third-order valence-corrected chi connectivity index (χ3v) is 7.31. The van der Waals surface area contributed by atoms with Gasteiger partial charge in [-0.2, -0.15) is 0 Å². The Kier molecular flexibility index (Phi) is 4.71. The van der Waals surface area contributed by atoms with Crippen molar-refractivity contribution in [3.8, 4) is 0 Å². The monoisotopic (exact) mass is 372 g/mol. The van der Waals surface area contributed by atoms with Crippen LogP contribution >= 0.6 is 0 Å². The number of hydrogen-bond donors (Lipinski definition) is 0. The summed E-state index contributed by atoms with van der Waals surface area (Å²) >= 11 is 0. The molecule has 0 spiro atoms. The van der Waals surface area contributed by atoms with Gasteiger partial charge in [0.1, 0.15) is 0 Å². The molecule has 2 fully saturated rings. The summed E-state index contributed by atoms with van der Waals surface area (Å²) in [6.07, 6.45) is 0.484. The van der Waals surface area contributed by atoms with Crippen molar-refractivity contribution < 1.29 is 13.2 Å². The fraction of sp³-hybridized carbons (Fsp3) is 0.450. The van der Waals surface area contributed by atoms with E-state index in [9.17, 15) is 13.2 Å². The van der Waals surface area contributed by atoms with Gasteiger partial charge in [-0.15, -0.1) is 0 Å². The smallest absolute Gasteiger partial charge is 0.226 e. The van der Waals surface area contributed by atoms with Crippen LogP contribution in [-0.4, -0.2) is 61.8 Å². The Labute approximate surface area is 154 Å². The first-order valence-corrected chi connectivity index (χ1v) is 11.0. The standard InChI is InChI=1S/C20H24N2O3S/c23-20(18-8-13-26(24,25)15-18)22-11-9-21(10-12-22)14-17-6-3-5-16-4-1-2-7-19(16)17/h1-7,18H,8-15H2. The molecule has 1 unspecified atom stereocenters. The number of nitrogens with zero attached hydrogens (tertiary/aromatic N) is 2. The van der Waals surface area contributed by atoms with Gasteiger partial charge < -0.3 is 4.90 Å². The minimum absolute atomic E-state index is 0.0240. The largest absolute Gasteiger partial charge is 0.340 e. The Morgan fingerprint density at radius 3 is 2.46 bits per heavy atom. The second-order valence-electron chi connectivity index (χ2n) is 7.34. The van der Waals surface area contributed by atoms with Crippen molar-refractivity contribution in [2.24, 2.45) is 5.92 Å². The van der Waals surface area contributed by atoms with Gasteiger partial charge in [0.25, 0.3) is 0 Å². The van der Waals surface area contributed by atoms with E-state index in [4.69, 9.17) is 0 Å². The summed E-state index contributed by atoms with van der Waals surface area (Å²) in [6, 6.07) is 14.8. The maximum Gasteiger partial charge on any atom is 0.226 e. The summed E-state index contributed by atoms with van der Waals surface area (Å²) in [5.74, 6) is -0.118. The van der Waals surface area contributed by atoms with E-state index in [0.717, 1.165) is 19.6 Å². The van der Waals surface area contributed by atoms with E-state index in [-0.39, 0.29) is 23.3 Å². The number of hydrogen-bond acceptors (Lipinski definition) is 4. The lowest BCUT2D eigenvalue weighted by Crippen LogP contribution is -2.50. The van der Waals surface area contributed by atoms with Gasteiger partial charge in [-0.3, -0.25) is 9.69 Å². The first-order valence-electron chi connectivity index (χ1n) is 9.20. The molecule has 4 rings (SSSR count). The third-order valence-electron chi connectivity index (χ3n) is 5.54. The van der Waals surface area contributed by atoms with Crippen molar-refractivity contribution in [1.82, 2.24) is 9.80 Å². The number of carbonyl (C=O) groups is 1. The van der Waals surface area contributed by atoms with Gasteiger partial charge in [-0.25, -0.2) is 8.42 Å². The van der Waals surface area contributed by atoms with Crippen LogP contribution in [0.5, 0.6) is 0 Å². The van der Waals surface area contributed by atoms with Crippen LogP contribution in [0.2, 0.25) is 0 Å². The number of piperazine rings is 1. The summed E-state index contributed by atoms with van der Waals surface area (Å²) in [5, 5.41) is 2.53. The number of carbonyl (C=O) groups excluding carboxylic acids is 1. The number of amides is 1. The summed E-state index contributed by atoms with van der Waals surface area (Å²) < 4.78 is 23.2. The van der Waals surface area contributed by atoms with Crippen molar-refractivity contribution in [2.45, 2.75) is 13.0 Å². The third kappa shape index (κ3) is 3.62. The molecule has 0 aliphatic carbocycles. The van der Waals surface area contributed by atoms with Gasteiger partial charge in [-0.05, 0) is 22.8 Å². The molecule has 2 aliphatic rings. The topological polar surface area (TPSA) is 57.7 Å². The second kappa shape index (κ2) is 7.00. The lowest BCUT2D eigenvalue weighted by molar-refractivity contribution is -0.136. The van der Waals surface area contributed by atoms with E-state index in [1.54, 1.807) is 0 Å². The Bertz CT molecular complexity index is 912. The van der Waals surface area contributed by atoms with Crippen molar-refractivity contribution in [2.75, 3.05) is 37.7 Å². The molecule has 2 aliphatic heterocycles. The average Bonchev–Trinajstić information content (AvgIpc) is 3.02. The maximum atomic E-state index is 12.6. The van der Waals surface area contributed by atoms with E-state index < -0.39 is 9.84 Å². The van der Waals surface area contributed by atoms with Crippen LogP contribution in [0, 0.1) is 5.92 Å². The second-order valence-corrected chi connectivity index (χ2v) is 9.57. The molecule has 26 heavy (non-hydrogen) atoms. The summed E-state index contributed by atoms with van der Waals surface area (Å²) in [6.45, 7) is 3.89. The van der Waals surface area contributed by atoms with Gasteiger partial charge in [0.05, 0.1) is 17.4 Å². The number of sulfone groups is 1. The number of fused-ring (bicyclic) bond motifs is 1. The summed E-state index contributed by atoms with van der Waals surface area (Å²) in [4.78, 5) is 16.8. The number of benzene rings is 2. The Morgan fingerprint density at radius 2 is 1.73 bits per heavy atom. The fourth-order valence-electron chi connectivity index (χ4n) is 4.05. The molecule has 2 aromatic carbocycles. The molecule has 0 radical (unpaired) electrons. The molecule has 1 atom stereocenters. The van der Waals surface area contributed by atoms with Crippen LogP contribution in [0.3, 0.4) is 0 Å². The molecule has 0 saturated carbocycles. The predicted molar refractivity (Wildman–Crippen MR) is 103 cm³/mol. The minimum atomic E-state index is -3.01. The van der Waals surface area contributed by atoms with Crippen LogP contribution in [0.15, 0.2) is 42.5 Å². The normalized spacial score (nSPS) is 23.4. The SMILES string of the molecule is O=C(C1CCS(=O)(=O)C1)N1CCN(Cc2cccc3ccccc23)CC1. The van der Waals surface area contributed by atoms with Crippen molar-refractivity contribution in [3.63, 3.8) is 0 Å². The zero-order valence-corrected chi connectivity index (χ0v) is 15.6. The van der Waals surface area contributed by atoms with Gasteiger partial charge in [0, 0.05) is 32.7 Å². The van der Waals surface area contributed by atoms with Gasteiger partial charge in [0.2, 0.25) is 5.91 Å². The van der Waals surface area contributed by atoms with E-state index in [2.05, 4.69) is 47.4 Å². The van der Waals surface area contributed by atoms with E-state index >= 15 is 0 Å². The first kappa shape index (κ1) is 17.5. The van der Waals surface area contributed by atoms with E-state index in [1.807, 2.05) is 4.90 Å². The van der Waals surface area contributed by atoms with Crippen molar-refractivity contribution in [3.05, 3.63) is 48.0 Å². The molecule has 1 amide bonds. The van der Waals surface area contributed by atoms with Crippen LogP contribution in [-0.2, 0) is 21.2 Å². The van der Waals surface area contributed by atoms with Crippen LogP contribution < -0.4 is 0 Å². The Hall–Kier alpha value is -1.92. The van der Waals surface area contributed by atoms with Crippen LogP contribution in [0.1, 0.15) is 12.0 Å². The molecular formula is C20H24N2O3S. The highest BCUT2D eigenvalue weighted by atomic mass is 32.2. The lowest BCUT2D eigenvalue weighted by Gasteiger charge is -2.36. The van der Waals surface area contributed by atoms with Crippen molar-refractivity contribution >= 4 is 26.5 Å². The maximum absolute atomic E-state index is 12.6. The molecule has 0 aromatic heterocycles. The fourth-order valence-corrected chi connectivity index (χ4v) is 5.78. The zero-order chi connectivity index (χ0) is 18.1. The molecular weight excluding hydrogens is 348 g/mol. The molecule has 2 saturated heterocycles. The first-order chi connectivity index (χ1) is 12.5. The lowest BCUT2D eigenvalue weighted by atomic mass is 10.0. The van der Waals surface area contributed by atoms with Gasteiger partial charge in [-0.1, -0.05) is 42.5 Å². The predicted octanol–water partition coefficient (Wildman–Crippen LogP) is 1.92. The molecule has 5 nitrogen and oxygen atoms in total. The quantitative estimate of drug-likeness (QED) is 0.826. The highest BCUT2D eigenvalue weighted by Gasteiger charge is 2.36. The summed E-state index contributed by atoms with van der Waals surface area (Å²) in [5.41, 5.74) is 1.31. The van der Waals surface area contributed by atoms with Crippen molar-refractivity contribution in [1.29, 1.82) is 0 Å². The minimum Gasteiger partial charge on any atom is -0.340 e. The highest BCUT2D eigenvalue weighted by Crippen LogP contribution is 2.23. The Morgan fingerprint density at radius 1 is 1.00 bits per heavy atom. The highest BCUT2D eigenvalue weighted by molar-refractivity contribution is 7.91. The molecule has 2 aromatic rings. The van der Waals surface area contributed by atoms with E-state index in [0.29, 0.717) is 19.5 Å². The number of rotatable bonds is 3. The molecule has 2 heterocycles. The van der Waals surface area contributed by atoms with Crippen LogP contribution in [0.25, 0.3) is 10.8 Å². The zero-order valence-electron chi connectivity index (χ0n) is 14.8. The van der Waals surface area contributed by atoms with Crippen LogP contribution in [0.4, 0.5) is 0 Å². The Balaban J connectivity index is 1.37. The molecule has 0 N–H and O–H groups in total. The van der Waals surface area contributed by atoms with Gasteiger partial charge in [0.15, 0.2) is 9.84 Å². The molecule has 6 heteroatoms. The average molecular weight is 372 g/mol. The van der Waals surface area contributed by atoms with Gasteiger partial charge >= 0.3 is 0 Å². The summed E-state index contributed by atoms with van der Waals surface area (Å²) in [7, 11) is -3.01. The van der Waals surface area contributed by atoms with E-state index in [1.165, 1.54) is 16.3 Å². The molecule has 0 bridgehead atoms.